The molecule has 2 N–H and O–H groups in total. The van der Waals surface area contributed by atoms with Crippen LogP contribution in [0.2, 0.25) is 0 Å². The summed E-state index contributed by atoms with van der Waals surface area (Å²) in [4.78, 5) is 15.9. The zero-order chi connectivity index (χ0) is 17.5. The molecule has 0 radical (unpaired) electrons. The number of carbonyl (C=O) groups excluding carboxylic acids is 1. The third-order valence-electron chi connectivity index (χ3n) is 3.77. The maximum absolute atomic E-state index is 13.5. The van der Waals surface area contributed by atoms with Crippen molar-refractivity contribution in [1.29, 1.82) is 0 Å². The number of rotatable bonds is 6. The Hall–Kier alpha value is -3.15. The van der Waals surface area contributed by atoms with E-state index in [1.165, 1.54) is 6.07 Å². The molecule has 0 spiro atoms. The topological polar surface area (TPSA) is 59.0 Å². The Labute approximate surface area is 145 Å². The molecule has 25 heavy (non-hydrogen) atoms. The summed E-state index contributed by atoms with van der Waals surface area (Å²) < 4.78 is 15.5. The third kappa shape index (κ3) is 4.91. The fourth-order valence-corrected chi connectivity index (χ4v) is 2.49. The van der Waals surface area contributed by atoms with E-state index < -0.39 is 0 Å². The first kappa shape index (κ1) is 16.7. The number of hydrogen-bond donors (Lipinski definition) is 2. The summed E-state index contributed by atoms with van der Waals surface area (Å²) in [5.74, 6) is -0.324. The van der Waals surface area contributed by atoms with Gasteiger partial charge in [-0.2, -0.15) is 0 Å². The lowest BCUT2D eigenvalue weighted by atomic mass is 10.1. The van der Waals surface area contributed by atoms with E-state index in [-0.39, 0.29) is 18.4 Å². The van der Waals surface area contributed by atoms with E-state index >= 15 is 0 Å². The van der Waals surface area contributed by atoms with Gasteiger partial charge in [0, 0.05) is 37.6 Å². The molecule has 0 bridgehead atoms. The highest BCUT2D eigenvalue weighted by atomic mass is 19.1. The second kappa shape index (κ2) is 8.10. The number of halogens is 1. The van der Waals surface area contributed by atoms with Gasteiger partial charge in [0.2, 0.25) is 0 Å². The molecule has 2 aromatic carbocycles. The van der Waals surface area contributed by atoms with Gasteiger partial charge in [0.15, 0.2) is 0 Å². The molecule has 3 rings (SSSR count). The molecule has 0 saturated heterocycles. The molecule has 0 aliphatic rings. The van der Waals surface area contributed by atoms with Crippen molar-refractivity contribution in [2.45, 2.75) is 19.6 Å². The SMILES string of the molecule is O=C(NCc1cccc(Cn2ccnc2)c1)NCc1ccccc1F. The summed E-state index contributed by atoms with van der Waals surface area (Å²) >= 11 is 0. The summed E-state index contributed by atoms with van der Waals surface area (Å²) in [5.41, 5.74) is 2.59. The van der Waals surface area contributed by atoms with Crippen molar-refractivity contribution in [3.8, 4) is 0 Å². The minimum absolute atomic E-state index is 0.152. The van der Waals surface area contributed by atoms with Crippen LogP contribution in [0.25, 0.3) is 0 Å². The fourth-order valence-electron chi connectivity index (χ4n) is 2.49. The Morgan fingerprint density at radius 2 is 1.84 bits per heavy atom. The monoisotopic (exact) mass is 338 g/mol. The molecule has 6 heteroatoms. The molecular formula is C19H19FN4O. The highest BCUT2D eigenvalue weighted by Gasteiger charge is 2.04. The van der Waals surface area contributed by atoms with Crippen LogP contribution in [0.4, 0.5) is 9.18 Å². The van der Waals surface area contributed by atoms with Gasteiger partial charge in [-0.05, 0) is 17.2 Å². The number of benzene rings is 2. The average molecular weight is 338 g/mol. The molecule has 0 aliphatic heterocycles. The van der Waals surface area contributed by atoms with Crippen LogP contribution in [0.1, 0.15) is 16.7 Å². The Morgan fingerprint density at radius 1 is 1.04 bits per heavy atom. The van der Waals surface area contributed by atoms with Gasteiger partial charge in [0.1, 0.15) is 5.82 Å². The lowest BCUT2D eigenvalue weighted by Crippen LogP contribution is -2.34. The largest absolute Gasteiger partial charge is 0.334 e. The Kier molecular flexibility index (Phi) is 5.41. The van der Waals surface area contributed by atoms with Crippen LogP contribution in [0.5, 0.6) is 0 Å². The quantitative estimate of drug-likeness (QED) is 0.726. The predicted octanol–water partition coefficient (Wildman–Crippen LogP) is 3.07. The lowest BCUT2D eigenvalue weighted by molar-refractivity contribution is 0.240. The molecule has 1 aromatic heterocycles. The van der Waals surface area contributed by atoms with E-state index in [2.05, 4.69) is 15.6 Å². The van der Waals surface area contributed by atoms with Crippen LogP contribution in [0, 0.1) is 5.82 Å². The normalized spacial score (nSPS) is 10.4. The molecule has 0 atom stereocenters. The summed E-state index contributed by atoms with van der Waals surface area (Å²) in [7, 11) is 0. The zero-order valence-corrected chi connectivity index (χ0v) is 13.7. The molecule has 5 nitrogen and oxygen atoms in total. The molecule has 0 aliphatic carbocycles. The van der Waals surface area contributed by atoms with E-state index in [9.17, 15) is 9.18 Å². The summed E-state index contributed by atoms with van der Waals surface area (Å²) in [6.07, 6.45) is 5.41. The van der Waals surface area contributed by atoms with Gasteiger partial charge in [0.25, 0.3) is 0 Å². The van der Waals surface area contributed by atoms with Crippen LogP contribution in [-0.4, -0.2) is 15.6 Å². The molecule has 0 fully saturated rings. The van der Waals surface area contributed by atoms with Crippen molar-refractivity contribution in [2.24, 2.45) is 0 Å². The highest BCUT2D eigenvalue weighted by molar-refractivity contribution is 5.73. The third-order valence-corrected chi connectivity index (χ3v) is 3.77. The zero-order valence-electron chi connectivity index (χ0n) is 13.7. The number of carbonyl (C=O) groups is 1. The minimum atomic E-state index is -0.330. The number of imidazole rings is 1. The number of aromatic nitrogens is 2. The summed E-state index contributed by atoms with van der Waals surface area (Å²) in [6, 6.07) is 14.0. The molecule has 128 valence electrons. The standard InChI is InChI=1S/C19H19FN4O/c20-18-7-2-1-6-17(18)12-23-19(25)22-11-15-4-3-5-16(10-15)13-24-9-8-21-14-24/h1-10,14H,11-13H2,(H2,22,23,25). The van der Waals surface area contributed by atoms with Gasteiger partial charge < -0.3 is 15.2 Å². The average Bonchev–Trinajstić information content (AvgIpc) is 3.12. The highest BCUT2D eigenvalue weighted by Crippen LogP contribution is 2.08. The van der Waals surface area contributed by atoms with E-state index in [1.54, 1.807) is 30.7 Å². The summed E-state index contributed by atoms with van der Waals surface area (Å²) in [6.45, 7) is 1.29. The van der Waals surface area contributed by atoms with Crippen LogP contribution in [0.15, 0.2) is 67.3 Å². The smallest absolute Gasteiger partial charge is 0.315 e. The first-order chi connectivity index (χ1) is 12.2. The molecule has 0 unspecified atom stereocenters. The minimum Gasteiger partial charge on any atom is -0.334 e. The van der Waals surface area contributed by atoms with Gasteiger partial charge in [-0.1, -0.05) is 42.5 Å². The van der Waals surface area contributed by atoms with Gasteiger partial charge in [-0.25, -0.2) is 14.2 Å². The van der Waals surface area contributed by atoms with Gasteiger partial charge in [-0.3, -0.25) is 0 Å². The molecule has 2 amide bonds. The van der Waals surface area contributed by atoms with Crippen molar-refractivity contribution < 1.29 is 9.18 Å². The van der Waals surface area contributed by atoms with E-state index in [0.717, 1.165) is 17.7 Å². The van der Waals surface area contributed by atoms with Crippen molar-refractivity contribution >= 4 is 6.03 Å². The predicted molar refractivity (Wildman–Crippen MR) is 93.2 cm³/mol. The first-order valence-electron chi connectivity index (χ1n) is 7.99. The van der Waals surface area contributed by atoms with Crippen molar-refractivity contribution in [3.63, 3.8) is 0 Å². The van der Waals surface area contributed by atoms with Gasteiger partial charge in [-0.15, -0.1) is 0 Å². The fraction of sp³-hybridized carbons (Fsp3) is 0.158. The van der Waals surface area contributed by atoms with Crippen molar-refractivity contribution in [3.05, 3.63) is 89.8 Å². The molecule has 1 heterocycles. The number of hydrogen-bond acceptors (Lipinski definition) is 2. The molecule has 3 aromatic rings. The van der Waals surface area contributed by atoms with Gasteiger partial charge in [0.05, 0.1) is 6.33 Å². The number of nitrogens with one attached hydrogen (secondary N) is 2. The number of nitrogens with zero attached hydrogens (tertiary/aromatic N) is 2. The number of amides is 2. The van der Waals surface area contributed by atoms with Crippen molar-refractivity contribution in [2.75, 3.05) is 0 Å². The second-order valence-corrected chi connectivity index (χ2v) is 5.68. The van der Waals surface area contributed by atoms with Crippen molar-refractivity contribution in [1.82, 2.24) is 20.2 Å². The van der Waals surface area contributed by atoms with Gasteiger partial charge >= 0.3 is 6.03 Å². The van der Waals surface area contributed by atoms with E-state index in [4.69, 9.17) is 0 Å². The Morgan fingerprint density at radius 3 is 2.64 bits per heavy atom. The maximum Gasteiger partial charge on any atom is 0.315 e. The first-order valence-corrected chi connectivity index (χ1v) is 7.99. The molecular weight excluding hydrogens is 319 g/mol. The summed E-state index contributed by atoms with van der Waals surface area (Å²) in [5, 5.41) is 5.44. The molecule has 0 saturated carbocycles. The number of urea groups is 1. The van der Waals surface area contributed by atoms with Crippen LogP contribution < -0.4 is 10.6 Å². The van der Waals surface area contributed by atoms with E-state index in [1.807, 2.05) is 35.0 Å². The second-order valence-electron chi connectivity index (χ2n) is 5.68. The van der Waals surface area contributed by atoms with Crippen LogP contribution >= 0.6 is 0 Å². The maximum atomic E-state index is 13.5. The van der Waals surface area contributed by atoms with E-state index in [0.29, 0.717) is 12.1 Å². The lowest BCUT2D eigenvalue weighted by Gasteiger charge is -2.10. The Bertz CT molecular complexity index is 833. The van der Waals surface area contributed by atoms with Crippen LogP contribution in [0.3, 0.4) is 0 Å². The Balaban J connectivity index is 1.49. The van der Waals surface area contributed by atoms with Crippen LogP contribution in [-0.2, 0) is 19.6 Å².